The van der Waals surface area contributed by atoms with Gasteiger partial charge in [0.15, 0.2) is 0 Å². The van der Waals surface area contributed by atoms with E-state index in [1.165, 1.54) is 15.6 Å². The second kappa shape index (κ2) is 5.83. The highest BCUT2D eigenvalue weighted by Crippen LogP contribution is 2.25. The predicted octanol–water partition coefficient (Wildman–Crippen LogP) is 3.81. The van der Waals surface area contributed by atoms with E-state index >= 15 is 0 Å². The molecule has 0 spiro atoms. The molecular formula is C15H21NOS. The second-order valence-electron chi connectivity index (χ2n) is 5.05. The molecule has 0 saturated carbocycles. The quantitative estimate of drug-likeness (QED) is 0.856. The molecule has 0 aliphatic heterocycles. The van der Waals surface area contributed by atoms with Crippen LogP contribution < -0.4 is 5.32 Å². The van der Waals surface area contributed by atoms with Gasteiger partial charge in [0, 0.05) is 24.4 Å². The van der Waals surface area contributed by atoms with Crippen molar-refractivity contribution < 1.29 is 4.74 Å². The molecule has 2 rings (SSSR count). The number of nitrogens with one attached hydrogen (secondary N) is 1. The van der Waals surface area contributed by atoms with Crippen molar-refractivity contribution in [1.29, 1.82) is 0 Å². The number of hydrogen-bond donors (Lipinski definition) is 1. The van der Waals surface area contributed by atoms with Crippen LogP contribution >= 0.6 is 11.3 Å². The maximum atomic E-state index is 5.68. The Bertz CT molecular complexity index is 504. The van der Waals surface area contributed by atoms with Crippen molar-refractivity contribution in [3.05, 3.63) is 35.2 Å². The van der Waals surface area contributed by atoms with E-state index in [0.29, 0.717) is 0 Å². The number of fused-ring (bicyclic) bond motifs is 1. The van der Waals surface area contributed by atoms with E-state index in [4.69, 9.17) is 4.74 Å². The van der Waals surface area contributed by atoms with Gasteiger partial charge in [0.05, 0.1) is 5.60 Å². The summed E-state index contributed by atoms with van der Waals surface area (Å²) in [5, 5.41) is 7.09. The maximum Gasteiger partial charge on any atom is 0.0750 e. The van der Waals surface area contributed by atoms with Gasteiger partial charge in [0.1, 0.15) is 0 Å². The highest BCUT2D eigenvalue weighted by molar-refractivity contribution is 7.17. The summed E-state index contributed by atoms with van der Waals surface area (Å²) < 4.78 is 7.04. The van der Waals surface area contributed by atoms with Crippen LogP contribution in [0.25, 0.3) is 10.1 Å². The fourth-order valence-electron chi connectivity index (χ4n) is 2.11. The molecule has 0 radical (unpaired) electrons. The normalized spacial score (nSPS) is 12.2. The molecule has 0 aliphatic rings. The third kappa shape index (κ3) is 3.31. The van der Waals surface area contributed by atoms with Crippen molar-refractivity contribution in [2.24, 2.45) is 0 Å². The first-order chi connectivity index (χ1) is 8.62. The van der Waals surface area contributed by atoms with Crippen molar-refractivity contribution in [1.82, 2.24) is 5.32 Å². The minimum absolute atomic E-state index is 0.0967. The van der Waals surface area contributed by atoms with E-state index < -0.39 is 0 Å². The van der Waals surface area contributed by atoms with Crippen LogP contribution in [0.5, 0.6) is 0 Å². The lowest BCUT2D eigenvalue weighted by atomic mass is 10.1. The van der Waals surface area contributed by atoms with Gasteiger partial charge in [-0.25, -0.2) is 0 Å². The average Bonchev–Trinajstić information content (AvgIpc) is 2.73. The fourth-order valence-corrected chi connectivity index (χ4v) is 3.07. The second-order valence-corrected chi connectivity index (χ2v) is 5.96. The molecule has 0 aliphatic carbocycles. The highest BCUT2D eigenvalue weighted by Gasteiger charge is 2.16. The standard InChI is InChI=1S/C15H21NOS/c1-4-17-15(2,3)11-16-9-12-10-18-14-8-6-5-7-13(12)14/h5-8,10,16H,4,9,11H2,1-3H3. The Morgan fingerprint density at radius 3 is 2.83 bits per heavy atom. The Hall–Kier alpha value is -0.900. The zero-order valence-electron chi connectivity index (χ0n) is 11.3. The average molecular weight is 263 g/mol. The zero-order valence-corrected chi connectivity index (χ0v) is 12.1. The summed E-state index contributed by atoms with van der Waals surface area (Å²) in [4.78, 5) is 0. The highest BCUT2D eigenvalue weighted by atomic mass is 32.1. The largest absolute Gasteiger partial charge is 0.375 e. The van der Waals surface area contributed by atoms with Crippen LogP contribution in [0.1, 0.15) is 26.3 Å². The first kappa shape index (κ1) is 13.5. The summed E-state index contributed by atoms with van der Waals surface area (Å²) in [6.45, 7) is 8.81. The molecule has 1 heterocycles. The van der Waals surface area contributed by atoms with Crippen molar-refractivity contribution in [3.63, 3.8) is 0 Å². The molecule has 0 amide bonds. The molecular weight excluding hydrogens is 242 g/mol. The number of hydrogen-bond acceptors (Lipinski definition) is 3. The summed E-state index contributed by atoms with van der Waals surface area (Å²) in [6.07, 6.45) is 0. The zero-order chi connectivity index (χ0) is 13.0. The predicted molar refractivity (Wildman–Crippen MR) is 79.2 cm³/mol. The van der Waals surface area contributed by atoms with Crippen LogP contribution in [-0.2, 0) is 11.3 Å². The smallest absolute Gasteiger partial charge is 0.0750 e. The minimum Gasteiger partial charge on any atom is -0.375 e. The van der Waals surface area contributed by atoms with Gasteiger partial charge in [-0.2, -0.15) is 0 Å². The number of rotatable bonds is 6. The summed E-state index contributed by atoms with van der Waals surface area (Å²) in [5.74, 6) is 0. The van der Waals surface area contributed by atoms with Crippen LogP contribution in [0, 0.1) is 0 Å². The van der Waals surface area contributed by atoms with Crippen LogP contribution in [0.4, 0.5) is 0 Å². The van der Waals surface area contributed by atoms with Crippen molar-refractivity contribution in [2.75, 3.05) is 13.2 Å². The number of benzene rings is 1. The Balaban J connectivity index is 1.94. The fraction of sp³-hybridized carbons (Fsp3) is 0.467. The summed E-state index contributed by atoms with van der Waals surface area (Å²) >= 11 is 1.81. The molecule has 18 heavy (non-hydrogen) atoms. The molecule has 0 unspecified atom stereocenters. The van der Waals surface area contributed by atoms with E-state index in [1.807, 2.05) is 18.3 Å². The Kier molecular flexibility index (Phi) is 4.38. The number of ether oxygens (including phenoxy) is 1. The Morgan fingerprint density at radius 2 is 2.06 bits per heavy atom. The molecule has 2 nitrogen and oxygen atoms in total. The van der Waals surface area contributed by atoms with Crippen molar-refractivity contribution in [3.8, 4) is 0 Å². The molecule has 3 heteroatoms. The summed E-state index contributed by atoms with van der Waals surface area (Å²) in [7, 11) is 0. The van der Waals surface area contributed by atoms with Gasteiger partial charge in [-0.1, -0.05) is 18.2 Å². The lowest BCUT2D eigenvalue weighted by Crippen LogP contribution is -2.37. The molecule has 1 N–H and O–H groups in total. The summed E-state index contributed by atoms with van der Waals surface area (Å²) in [5.41, 5.74) is 1.28. The van der Waals surface area contributed by atoms with Gasteiger partial charge < -0.3 is 10.1 Å². The van der Waals surface area contributed by atoms with Crippen LogP contribution in [0.15, 0.2) is 29.6 Å². The summed E-state index contributed by atoms with van der Waals surface area (Å²) in [6, 6.07) is 8.56. The molecule has 0 atom stereocenters. The topological polar surface area (TPSA) is 21.3 Å². The maximum absolute atomic E-state index is 5.68. The van der Waals surface area contributed by atoms with E-state index in [9.17, 15) is 0 Å². The molecule has 0 bridgehead atoms. The SMILES string of the molecule is CCOC(C)(C)CNCc1csc2ccccc12. The van der Waals surface area contributed by atoms with Crippen molar-refractivity contribution in [2.45, 2.75) is 32.9 Å². The number of thiophene rings is 1. The van der Waals surface area contributed by atoms with E-state index in [0.717, 1.165) is 19.7 Å². The van der Waals surface area contributed by atoms with Gasteiger partial charge in [-0.05, 0) is 43.2 Å². The van der Waals surface area contributed by atoms with Gasteiger partial charge in [-0.3, -0.25) is 0 Å². The minimum atomic E-state index is -0.0967. The molecule has 1 aromatic carbocycles. The first-order valence-corrected chi connectivity index (χ1v) is 7.30. The Labute approximate surface area is 113 Å². The molecule has 0 saturated heterocycles. The van der Waals surface area contributed by atoms with Gasteiger partial charge in [0.25, 0.3) is 0 Å². The van der Waals surface area contributed by atoms with Gasteiger partial charge in [-0.15, -0.1) is 11.3 Å². The third-order valence-electron chi connectivity index (χ3n) is 2.96. The van der Waals surface area contributed by atoms with Crippen LogP contribution in [0.2, 0.25) is 0 Å². The van der Waals surface area contributed by atoms with Gasteiger partial charge >= 0.3 is 0 Å². The lowest BCUT2D eigenvalue weighted by Gasteiger charge is -2.24. The van der Waals surface area contributed by atoms with Crippen molar-refractivity contribution >= 4 is 21.4 Å². The molecule has 2 aromatic rings. The monoisotopic (exact) mass is 263 g/mol. The first-order valence-electron chi connectivity index (χ1n) is 6.42. The van der Waals surface area contributed by atoms with E-state index in [2.05, 4.69) is 48.8 Å². The van der Waals surface area contributed by atoms with Crippen LogP contribution in [-0.4, -0.2) is 18.8 Å². The molecule has 98 valence electrons. The lowest BCUT2D eigenvalue weighted by molar-refractivity contribution is -0.00895. The molecule has 0 fully saturated rings. The molecule has 1 aromatic heterocycles. The van der Waals surface area contributed by atoms with Crippen LogP contribution in [0.3, 0.4) is 0 Å². The van der Waals surface area contributed by atoms with E-state index in [1.54, 1.807) is 0 Å². The van der Waals surface area contributed by atoms with E-state index in [-0.39, 0.29) is 5.60 Å². The Morgan fingerprint density at radius 1 is 1.28 bits per heavy atom. The van der Waals surface area contributed by atoms with Gasteiger partial charge in [0.2, 0.25) is 0 Å². The third-order valence-corrected chi connectivity index (χ3v) is 3.97.